The van der Waals surface area contributed by atoms with Gasteiger partial charge in [0.05, 0.1) is 12.7 Å². The number of amides is 1. The maximum absolute atomic E-state index is 12.7. The van der Waals surface area contributed by atoms with Crippen LogP contribution in [0.15, 0.2) is 72.9 Å². The molecule has 1 amide bonds. The number of pyridine rings is 1. The number of aromatic nitrogens is 1. The molecule has 0 aliphatic carbocycles. The summed E-state index contributed by atoms with van der Waals surface area (Å²) in [6.45, 7) is 3.53. The number of carbonyl (C=O) groups is 2. The molecule has 6 nitrogen and oxygen atoms in total. The molecule has 0 atom stereocenters. The quantitative estimate of drug-likeness (QED) is 0.615. The Morgan fingerprint density at radius 1 is 1.00 bits per heavy atom. The molecule has 1 heterocycles. The number of anilines is 2. The van der Waals surface area contributed by atoms with Crippen LogP contribution in [-0.2, 0) is 11.3 Å². The van der Waals surface area contributed by atoms with Gasteiger partial charge in [-0.1, -0.05) is 30.3 Å². The molecule has 0 unspecified atom stereocenters. The lowest BCUT2D eigenvalue weighted by atomic mass is 10.2. The summed E-state index contributed by atoms with van der Waals surface area (Å²) in [5.41, 5.74) is 2.71. The van der Waals surface area contributed by atoms with Crippen LogP contribution in [-0.4, -0.2) is 30.5 Å². The Morgan fingerprint density at radius 3 is 2.38 bits per heavy atom. The van der Waals surface area contributed by atoms with Crippen molar-refractivity contribution < 1.29 is 14.3 Å². The Balaban J connectivity index is 1.72. The third-order valence-corrected chi connectivity index (χ3v) is 4.49. The fourth-order valence-corrected chi connectivity index (χ4v) is 2.90. The van der Waals surface area contributed by atoms with Crippen molar-refractivity contribution in [3.8, 4) is 0 Å². The van der Waals surface area contributed by atoms with Crippen LogP contribution in [0.3, 0.4) is 0 Å². The molecule has 0 bridgehead atoms. The Morgan fingerprint density at radius 2 is 1.72 bits per heavy atom. The summed E-state index contributed by atoms with van der Waals surface area (Å²) in [6, 6.07) is 20.1. The van der Waals surface area contributed by atoms with Crippen molar-refractivity contribution in [1.29, 1.82) is 0 Å². The molecule has 0 saturated carbocycles. The number of ether oxygens (including phenoxy) is 1. The molecule has 0 aliphatic rings. The van der Waals surface area contributed by atoms with Gasteiger partial charge in [0.2, 0.25) is 0 Å². The molecule has 2 aromatic carbocycles. The number of benzene rings is 2. The molecule has 3 aromatic rings. The van der Waals surface area contributed by atoms with E-state index >= 15 is 0 Å². The van der Waals surface area contributed by atoms with Crippen LogP contribution in [0.4, 0.5) is 11.5 Å². The molecule has 0 aliphatic heterocycles. The number of carbonyl (C=O) groups excluding carboxylic acids is 2. The summed E-state index contributed by atoms with van der Waals surface area (Å²) in [5, 5.41) is 2.84. The lowest BCUT2D eigenvalue weighted by Gasteiger charge is -2.22. The maximum Gasteiger partial charge on any atom is 0.337 e. The van der Waals surface area contributed by atoms with E-state index in [4.69, 9.17) is 0 Å². The first kappa shape index (κ1) is 20.1. The van der Waals surface area contributed by atoms with Gasteiger partial charge in [0.1, 0.15) is 5.82 Å². The third kappa shape index (κ3) is 5.19. The van der Waals surface area contributed by atoms with Crippen LogP contribution in [0, 0.1) is 0 Å². The van der Waals surface area contributed by atoms with Gasteiger partial charge in [-0.2, -0.15) is 0 Å². The number of hydrogen-bond acceptors (Lipinski definition) is 5. The zero-order chi connectivity index (χ0) is 20.6. The zero-order valence-electron chi connectivity index (χ0n) is 16.5. The molecular weight excluding hydrogens is 366 g/mol. The fourth-order valence-electron chi connectivity index (χ4n) is 2.90. The second-order valence-corrected chi connectivity index (χ2v) is 6.43. The predicted octanol–water partition coefficient (Wildman–Crippen LogP) is 4.15. The molecule has 0 fully saturated rings. The molecule has 148 valence electrons. The van der Waals surface area contributed by atoms with Gasteiger partial charge in [-0.3, -0.25) is 4.79 Å². The zero-order valence-corrected chi connectivity index (χ0v) is 16.5. The van der Waals surface area contributed by atoms with Crippen LogP contribution < -0.4 is 10.2 Å². The summed E-state index contributed by atoms with van der Waals surface area (Å²) >= 11 is 0. The number of nitrogens with one attached hydrogen (secondary N) is 1. The molecule has 0 spiro atoms. The second kappa shape index (κ2) is 9.50. The summed E-state index contributed by atoms with van der Waals surface area (Å²) in [6.07, 6.45) is 1.64. The molecule has 1 N–H and O–H groups in total. The van der Waals surface area contributed by atoms with E-state index in [1.165, 1.54) is 12.7 Å². The van der Waals surface area contributed by atoms with Gasteiger partial charge in [-0.05, 0) is 48.9 Å². The Kier molecular flexibility index (Phi) is 6.58. The van der Waals surface area contributed by atoms with E-state index in [-0.39, 0.29) is 5.91 Å². The topological polar surface area (TPSA) is 71.5 Å². The highest BCUT2D eigenvalue weighted by atomic mass is 16.5. The van der Waals surface area contributed by atoms with Gasteiger partial charge in [0.15, 0.2) is 0 Å². The van der Waals surface area contributed by atoms with Crippen molar-refractivity contribution >= 4 is 23.4 Å². The van der Waals surface area contributed by atoms with E-state index in [9.17, 15) is 9.59 Å². The highest BCUT2D eigenvalue weighted by molar-refractivity contribution is 6.04. The van der Waals surface area contributed by atoms with Gasteiger partial charge in [0.25, 0.3) is 5.91 Å². The monoisotopic (exact) mass is 389 g/mol. The Hall–Kier alpha value is -3.67. The number of esters is 1. The maximum atomic E-state index is 12.7. The Labute approximate surface area is 170 Å². The van der Waals surface area contributed by atoms with Crippen LogP contribution in [0.5, 0.6) is 0 Å². The highest BCUT2D eigenvalue weighted by Crippen LogP contribution is 2.18. The smallest absolute Gasteiger partial charge is 0.337 e. The fraction of sp³-hybridized carbons (Fsp3) is 0.174. The van der Waals surface area contributed by atoms with E-state index in [1.54, 1.807) is 42.6 Å². The molecule has 29 heavy (non-hydrogen) atoms. The van der Waals surface area contributed by atoms with Gasteiger partial charge < -0.3 is 15.0 Å². The minimum Gasteiger partial charge on any atom is -0.465 e. The van der Waals surface area contributed by atoms with E-state index < -0.39 is 5.97 Å². The van der Waals surface area contributed by atoms with E-state index in [0.29, 0.717) is 23.4 Å². The average molecular weight is 389 g/mol. The van der Waals surface area contributed by atoms with Gasteiger partial charge in [-0.15, -0.1) is 0 Å². The number of nitrogens with zero attached hydrogens (tertiary/aromatic N) is 2. The molecule has 0 saturated heterocycles. The summed E-state index contributed by atoms with van der Waals surface area (Å²) < 4.78 is 4.68. The minimum atomic E-state index is -0.417. The van der Waals surface area contributed by atoms with Crippen LogP contribution in [0.1, 0.15) is 33.2 Å². The van der Waals surface area contributed by atoms with Crippen LogP contribution >= 0.6 is 0 Å². The first-order chi connectivity index (χ1) is 14.1. The summed E-state index contributed by atoms with van der Waals surface area (Å²) in [5.74, 6) is 0.0833. The number of hydrogen-bond donors (Lipinski definition) is 1. The van der Waals surface area contributed by atoms with E-state index in [0.717, 1.165) is 12.4 Å². The van der Waals surface area contributed by atoms with Crippen molar-refractivity contribution in [3.63, 3.8) is 0 Å². The van der Waals surface area contributed by atoms with Gasteiger partial charge in [-0.25, -0.2) is 9.78 Å². The largest absolute Gasteiger partial charge is 0.465 e. The lowest BCUT2D eigenvalue weighted by molar-refractivity contribution is 0.0600. The van der Waals surface area contributed by atoms with Crippen molar-refractivity contribution in [1.82, 2.24) is 4.98 Å². The van der Waals surface area contributed by atoms with Crippen molar-refractivity contribution in [3.05, 3.63) is 89.6 Å². The molecule has 0 radical (unpaired) electrons. The number of methoxy groups -OCH3 is 1. The standard InChI is InChI=1S/C23H23N3O3/c1-3-26(16-17-7-5-4-6-8-17)21-15-19(13-14-24-21)22(27)25-20-11-9-18(10-12-20)23(28)29-2/h4-15H,3,16H2,1-2H3,(H,25,27). The molecular formula is C23H23N3O3. The van der Waals surface area contributed by atoms with Crippen molar-refractivity contribution in [2.24, 2.45) is 0 Å². The SMILES string of the molecule is CCN(Cc1ccccc1)c1cc(C(=O)Nc2ccc(C(=O)OC)cc2)ccn1. The average Bonchev–Trinajstić information content (AvgIpc) is 2.78. The first-order valence-electron chi connectivity index (χ1n) is 9.35. The molecule has 1 aromatic heterocycles. The lowest BCUT2D eigenvalue weighted by Crippen LogP contribution is -2.23. The number of rotatable bonds is 7. The summed E-state index contributed by atoms with van der Waals surface area (Å²) in [4.78, 5) is 30.7. The van der Waals surface area contributed by atoms with Gasteiger partial charge in [0, 0.05) is 30.5 Å². The predicted molar refractivity (Wildman–Crippen MR) is 113 cm³/mol. The highest BCUT2D eigenvalue weighted by Gasteiger charge is 2.12. The second-order valence-electron chi connectivity index (χ2n) is 6.43. The minimum absolute atomic E-state index is 0.241. The third-order valence-electron chi connectivity index (χ3n) is 4.49. The normalized spacial score (nSPS) is 10.3. The molecule has 3 rings (SSSR count). The van der Waals surface area contributed by atoms with E-state index in [2.05, 4.69) is 39.0 Å². The van der Waals surface area contributed by atoms with Crippen LogP contribution in [0.25, 0.3) is 0 Å². The van der Waals surface area contributed by atoms with Gasteiger partial charge >= 0.3 is 5.97 Å². The summed E-state index contributed by atoms with van der Waals surface area (Å²) in [7, 11) is 1.33. The Bertz CT molecular complexity index is 972. The van der Waals surface area contributed by atoms with Crippen molar-refractivity contribution in [2.75, 3.05) is 23.9 Å². The van der Waals surface area contributed by atoms with E-state index in [1.807, 2.05) is 18.2 Å². The molecule has 6 heteroatoms. The van der Waals surface area contributed by atoms with Crippen LogP contribution in [0.2, 0.25) is 0 Å². The first-order valence-corrected chi connectivity index (χ1v) is 9.35. The van der Waals surface area contributed by atoms with Crippen molar-refractivity contribution in [2.45, 2.75) is 13.5 Å².